The molecule has 4 aromatic rings. The van der Waals surface area contributed by atoms with Gasteiger partial charge in [0, 0.05) is 28.2 Å². The third-order valence-corrected chi connectivity index (χ3v) is 5.90. The molecular formula is C27H32BrF2N5O4. The summed E-state index contributed by atoms with van der Waals surface area (Å²) in [6.07, 6.45) is -1.29. The van der Waals surface area contributed by atoms with Gasteiger partial charge in [0.25, 0.3) is 0 Å². The van der Waals surface area contributed by atoms with Gasteiger partial charge in [-0.2, -0.15) is 14.5 Å². The first-order valence-corrected chi connectivity index (χ1v) is 13.2. The van der Waals surface area contributed by atoms with Crippen LogP contribution in [-0.4, -0.2) is 42.9 Å². The Hall–Kier alpha value is -3.54. The molecule has 12 heteroatoms. The quantitative estimate of drug-likeness (QED) is 0.231. The smallest absolute Gasteiger partial charge is 0.435 e. The molecule has 2 aromatic heterocycles. The summed E-state index contributed by atoms with van der Waals surface area (Å²) in [5.74, 6) is -0.625. The van der Waals surface area contributed by atoms with Crippen molar-refractivity contribution in [1.82, 2.24) is 19.6 Å². The van der Waals surface area contributed by atoms with Crippen molar-refractivity contribution in [2.24, 2.45) is 0 Å². The number of nitrogen functional groups attached to an aromatic ring is 1. The summed E-state index contributed by atoms with van der Waals surface area (Å²) in [7, 11) is 0. The van der Waals surface area contributed by atoms with Crippen molar-refractivity contribution in [2.75, 3.05) is 5.73 Å². The molecule has 4 rings (SSSR count). The lowest BCUT2D eigenvalue weighted by atomic mass is 10.1. The number of aryl methyl sites for hydroxylation is 2. The van der Waals surface area contributed by atoms with Gasteiger partial charge in [0.15, 0.2) is 5.82 Å². The number of fused-ring (bicyclic) bond motifs is 2. The maximum atomic E-state index is 13.9. The minimum atomic E-state index is -0.683. The van der Waals surface area contributed by atoms with E-state index >= 15 is 0 Å². The molecule has 0 amide bonds. The van der Waals surface area contributed by atoms with E-state index in [4.69, 9.17) is 15.2 Å². The number of hydrogen-bond acceptors (Lipinski definition) is 7. The summed E-state index contributed by atoms with van der Waals surface area (Å²) < 4.78 is 40.1. The highest BCUT2D eigenvalue weighted by Gasteiger charge is 2.23. The number of alkyl halides is 1. The Kier molecular flexibility index (Phi) is 8.40. The number of benzene rings is 2. The van der Waals surface area contributed by atoms with E-state index in [1.807, 2.05) is 0 Å². The van der Waals surface area contributed by atoms with Crippen LogP contribution in [0.15, 0.2) is 24.3 Å². The van der Waals surface area contributed by atoms with Gasteiger partial charge in [-0.1, -0.05) is 15.9 Å². The SMILES string of the molecule is Cc1cc2c(N)nn(C(=O)OC(C)(C)C)c2cc1F.Cc1nn(C(=O)OC(C)(C)C)c2cc(F)c(CBr)cc12. The van der Waals surface area contributed by atoms with Crippen molar-refractivity contribution >= 4 is 55.7 Å². The Morgan fingerprint density at radius 2 is 1.33 bits per heavy atom. The number of ether oxygens (including phenoxy) is 2. The van der Waals surface area contributed by atoms with Gasteiger partial charge >= 0.3 is 12.2 Å². The Bertz CT molecular complexity index is 1560. The number of hydrogen-bond donors (Lipinski definition) is 1. The normalized spacial score (nSPS) is 11.9. The van der Waals surface area contributed by atoms with Crippen molar-refractivity contribution in [3.05, 3.63) is 52.7 Å². The second-order valence-electron chi connectivity index (χ2n) is 11.0. The number of carbonyl (C=O) groups excluding carboxylic acids is 2. The summed E-state index contributed by atoms with van der Waals surface area (Å²) in [5.41, 5.74) is 6.80. The highest BCUT2D eigenvalue weighted by atomic mass is 79.9. The average Bonchev–Trinajstić information content (AvgIpc) is 3.28. The van der Waals surface area contributed by atoms with Crippen molar-refractivity contribution in [2.45, 2.75) is 71.9 Å². The molecule has 210 valence electrons. The second-order valence-corrected chi connectivity index (χ2v) is 11.5. The van der Waals surface area contributed by atoms with Gasteiger partial charge in [0.1, 0.15) is 22.8 Å². The van der Waals surface area contributed by atoms with Gasteiger partial charge in [-0.15, -0.1) is 5.10 Å². The fraction of sp³-hybridized carbons (Fsp3) is 0.407. The van der Waals surface area contributed by atoms with Gasteiger partial charge in [-0.25, -0.2) is 18.4 Å². The summed E-state index contributed by atoms with van der Waals surface area (Å²) in [4.78, 5) is 24.1. The zero-order valence-corrected chi connectivity index (χ0v) is 24.7. The van der Waals surface area contributed by atoms with E-state index in [9.17, 15) is 18.4 Å². The van der Waals surface area contributed by atoms with Crippen molar-refractivity contribution in [3.63, 3.8) is 0 Å². The van der Waals surface area contributed by atoms with Crippen LogP contribution in [0.25, 0.3) is 21.8 Å². The third kappa shape index (κ3) is 6.92. The second kappa shape index (κ2) is 10.9. The topological polar surface area (TPSA) is 114 Å². The summed E-state index contributed by atoms with van der Waals surface area (Å²) in [6, 6.07) is 5.81. The summed E-state index contributed by atoms with van der Waals surface area (Å²) in [5, 5.41) is 9.74. The maximum absolute atomic E-state index is 13.9. The van der Waals surface area contributed by atoms with Crippen LogP contribution >= 0.6 is 15.9 Å². The van der Waals surface area contributed by atoms with E-state index < -0.39 is 29.2 Å². The van der Waals surface area contributed by atoms with Crippen molar-refractivity contribution < 1.29 is 27.8 Å². The van der Waals surface area contributed by atoms with Crippen molar-refractivity contribution in [1.29, 1.82) is 0 Å². The Balaban J connectivity index is 0.000000216. The van der Waals surface area contributed by atoms with Gasteiger partial charge in [0.05, 0.1) is 16.7 Å². The van der Waals surface area contributed by atoms with E-state index in [0.29, 0.717) is 38.6 Å². The summed E-state index contributed by atoms with van der Waals surface area (Å²) in [6.45, 7) is 13.9. The van der Waals surface area contributed by atoms with Crippen LogP contribution in [0, 0.1) is 25.5 Å². The molecule has 0 aliphatic carbocycles. The van der Waals surface area contributed by atoms with E-state index in [0.717, 1.165) is 14.7 Å². The van der Waals surface area contributed by atoms with Crippen LogP contribution in [-0.2, 0) is 14.8 Å². The molecule has 2 aromatic carbocycles. The molecule has 2 N–H and O–H groups in total. The average molecular weight is 608 g/mol. The lowest BCUT2D eigenvalue weighted by Crippen LogP contribution is -2.27. The molecule has 39 heavy (non-hydrogen) atoms. The van der Waals surface area contributed by atoms with Gasteiger partial charge in [-0.05, 0) is 78.6 Å². The number of aromatic nitrogens is 4. The number of nitrogens with zero attached hydrogens (tertiary/aromatic N) is 4. The minimum Gasteiger partial charge on any atom is -0.442 e. The van der Waals surface area contributed by atoms with Crippen LogP contribution in [0.4, 0.5) is 24.2 Å². The molecular weight excluding hydrogens is 576 g/mol. The zero-order valence-electron chi connectivity index (χ0n) is 23.1. The third-order valence-electron chi connectivity index (χ3n) is 5.30. The zero-order chi connectivity index (χ0) is 29.4. The van der Waals surface area contributed by atoms with Crippen LogP contribution < -0.4 is 5.73 Å². The van der Waals surface area contributed by atoms with E-state index in [-0.39, 0.29) is 11.6 Å². The fourth-order valence-electron chi connectivity index (χ4n) is 3.59. The first-order chi connectivity index (χ1) is 17.9. The number of halogens is 3. The molecule has 0 bridgehead atoms. The lowest BCUT2D eigenvalue weighted by Gasteiger charge is -2.19. The predicted octanol–water partition coefficient (Wildman–Crippen LogP) is 7.01. The highest BCUT2D eigenvalue weighted by molar-refractivity contribution is 9.08. The molecule has 0 saturated heterocycles. The fourth-order valence-corrected chi connectivity index (χ4v) is 4.02. The highest BCUT2D eigenvalue weighted by Crippen LogP contribution is 2.26. The molecule has 0 aliphatic rings. The summed E-state index contributed by atoms with van der Waals surface area (Å²) >= 11 is 3.24. The molecule has 0 aliphatic heterocycles. The van der Waals surface area contributed by atoms with E-state index in [2.05, 4.69) is 26.1 Å². The van der Waals surface area contributed by atoms with Gasteiger partial charge < -0.3 is 15.2 Å². The largest absolute Gasteiger partial charge is 0.442 e. The Labute approximate surface area is 233 Å². The van der Waals surface area contributed by atoms with Gasteiger partial charge in [0.2, 0.25) is 0 Å². The number of anilines is 1. The predicted molar refractivity (Wildman–Crippen MR) is 149 cm³/mol. The van der Waals surface area contributed by atoms with Crippen molar-refractivity contribution in [3.8, 4) is 0 Å². The molecule has 2 heterocycles. The minimum absolute atomic E-state index is 0.170. The maximum Gasteiger partial charge on any atom is 0.435 e. The molecule has 0 atom stereocenters. The monoisotopic (exact) mass is 607 g/mol. The first kappa shape index (κ1) is 30.0. The Morgan fingerprint density at radius 3 is 1.85 bits per heavy atom. The first-order valence-electron chi connectivity index (χ1n) is 12.1. The molecule has 0 fully saturated rings. The van der Waals surface area contributed by atoms with Crippen LogP contribution in [0.3, 0.4) is 0 Å². The van der Waals surface area contributed by atoms with Crippen LogP contribution in [0.2, 0.25) is 0 Å². The van der Waals surface area contributed by atoms with E-state index in [1.165, 1.54) is 12.1 Å². The van der Waals surface area contributed by atoms with Gasteiger partial charge in [-0.3, -0.25) is 0 Å². The van der Waals surface area contributed by atoms with Crippen LogP contribution in [0.1, 0.15) is 58.4 Å². The molecule has 0 unspecified atom stereocenters. The number of nitrogens with two attached hydrogens (primary N) is 1. The molecule has 0 spiro atoms. The lowest BCUT2D eigenvalue weighted by molar-refractivity contribution is 0.0511. The Morgan fingerprint density at radius 1 is 0.846 bits per heavy atom. The number of rotatable bonds is 1. The molecule has 9 nitrogen and oxygen atoms in total. The standard InChI is InChI=1S/C14H16BrFN2O2.C13H16FN3O2/c1-8-10-5-9(7-15)11(16)6-12(10)18(17-8)13(19)20-14(2,3)4;1-7-5-8-10(6-9(7)14)17(16-11(8)15)12(18)19-13(2,3)4/h5-6H,7H2,1-4H3;5-6H,1-4H3,(H2,15,16). The molecule has 0 radical (unpaired) electrons. The number of carbonyl (C=O) groups is 2. The van der Waals surface area contributed by atoms with E-state index in [1.54, 1.807) is 67.5 Å². The molecule has 0 saturated carbocycles. The van der Waals surface area contributed by atoms with Crippen LogP contribution in [0.5, 0.6) is 0 Å².